The second kappa shape index (κ2) is 7.63. The minimum atomic E-state index is -3.64. The van der Waals surface area contributed by atoms with Gasteiger partial charge in [-0.15, -0.1) is 0 Å². The molecule has 0 saturated carbocycles. The maximum Gasteiger partial charge on any atom is 0.245 e. The van der Waals surface area contributed by atoms with Gasteiger partial charge in [0.25, 0.3) is 0 Å². The van der Waals surface area contributed by atoms with Crippen LogP contribution in [0, 0.1) is 14.9 Å². The summed E-state index contributed by atoms with van der Waals surface area (Å²) in [6, 6.07) is 15.1. The van der Waals surface area contributed by atoms with E-state index in [0.29, 0.717) is 16.9 Å². The zero-order valence-electron chi connectivity index (χ0n) is 12.7. The van der Waals surface area contributed by atoms with E-state index in [-0.39, 0.29) is 6.54 Å². The van der Waals surface area contributed by atoms with Gasteiger partial charge in [0.05, 0.1) is 23.6 Å². The lowest BCUT2D eigenvalue weighted by Crippen LogP contribution is -2.37. The number of benzene rings is 2. The summed E-state index contributed by atoms with van der Waals surface area (Å²) in [5.74, 6) is -0.453. The fourth-order valence-corrected chi connectivity index (χ4v) is 3.18. The molecule has 2 rings (SSSR count). The topological polar surface area (TPSA) is 90.3 Å². The Morgan fingerprint density at radius 1 is 1.17 bits per heavy atom. The number of carbonyl (C=O) groups is 1. The standard InChI is InChI=1S/C16H14IN3O3S/c1-24(22,23)20(15-8-2-12(10-18)3-9-15)11-16(21)19-14-6-4-13(17)5-7-14/h2-9H,11H2,1H3,(H,19,21). The fourth-order valence-electron chi connectivity index (χ4n) is 1.97. The van der Waals surface area contributed by atoms with Crippen LogP contribution in [0.3, 0.4) is 0 Å². The monoisotopic (exact) mass is 455 g/mol. The molecule has 0 unspecified atom stereocenters. The molecule has 0 spiro atoms. The first-order valence-electron chi connectivity index (χ1n) is 6.83. The van der Waals surface area contributed by atoms with Gasteiger partial charge in [0.1, 0.15) is 6.54 Å². The highest BCUT2D eigenvalue weighted by Crippen LogP contribution is 2.18. The molecule has 6 nitrogen and oxygen atoms in total. The van der Waals surface area contributed by atoms with Gasteiger partial charge in [-0.05, 0) is 71.1 Å². The molecule has 0 aliphatic carbocycles. The van der Waals surface area contributed by atoms with E-state index in [1.54, 1.807) is 12.1 Å². The van der Waals surface area contributed by atoms with Crippen molar-refractivity contribution >= 4 is 49.9 Å². The molecule has 24 heavy (non-hydrogen) atoms. The summed E-state index contributed by atoms with van der Waals surface area (Å²) in [5, 5.41) is 11.5. The van der Waals surface area contributed by atoms with Crippen LogP contribution in [0.2, 0.25) is 0 Å². The van der Waals surface area contributed by atoms with Gasteiger partial charge in [0, 0.05) is 9.26 Å². The molecule has 0 heterocycles. The van der Waals surface area contributed by atoms with E-state index in [4.69, 9.17) is 5.26 Å². The fraction of sp³-hybridized carbons (Fsp3) is 0.125. The third kappa shape index (κ3) is 4.94. The van der Waals surface area contributed by atoms with Gasteiger partial charge in [-0.3, -0.25) is 9.10 Å². The molecule has 0 radical (unpaired) electrons. The summed E-state index contributed by atoms with van der Waals surface area (Å²) in [7, 11) is -3.64. The van der Waals surface area contributed by atoms with E-state index >= 15 is 0 Å². The molecule has 0 bridgehead atoms. The molecule has 0 aliphatic heterocycles. The number of hydrogen-bond donors (Lipinski definition) is 1. The van der Waals surface area contributed by atoms with Crippen LogP contribution < -0.4 is 9.62 Å². The number of carbonyl (C=O) groups excluding carboxylic acids is 1. The highest BCUT2D eigenvalue weighted by atomic mass is 127. The average Bonchev–Trinajstić information content (AvgIpc) is 2.54. The highest BCUT2D eigenvalue weighted by molar-refractivity contribution is 14.1. The van der Waals surface area contributed by atoms with Gasteiger partial charge >= 0.3 is 0 Å². The Kier molecular flexibility index (Phi) is 5.80. The number of nitriles is 1. The number of amides is 1. The normalized spacial score (nSPS) is 10.7. The van der Waals surface area contributed by atoms with Crippen molar-refractivity contribution in [2.24, 2.45) is 0 Å². The summed E-state index contributed by atoms with van der Waals surface area (Å²) in [6.45, 7) is -0.350. The number of nitrogens with zero attached hydrogens (tertiary/aromatic N) is 2. The average molecular weight is 455 g/mol. The predicted octanol–water partition coefficient (Wildman–Crippen LogP) is 2.57. The zero-order valence-corrected chi connectivity index (χ0v) is 15.7. The van der Waals surface area contributed by atoms with Crippen LogP contribution in [0.15, 0.2) is 48.5 Å². The van der Waals surface area contributed by atoms with Crippen molar-refractivity contribution in [3.8, 4) is 6.07 Å². The molecule has 0 aliphatic rings. The van der Waals surface area contributed by atoms with Crippen LogP contribution in [0.4, 0.5) is 11.4 Å². The number of nitrogens with one attached hydrogen (secondary N) is 1. The molecule has 2 aromatic rings. The lowest BCUT2D eigenvalue weighted by atomic mass is 10.2. The molecular formula is C16H14IN3O3S. The van der Waals surface area contributed by atoms with Crippen molar-refractivity contribution in [2.45, 2.75) is 0 Å². The van der Waals surface area contributed by atoms with Gasteiger partial charge in [-0.25, -0.2) is 8.42 Å². The molecule has 0 fully saturated rings. The molecule has 8 heteroatoms. The van der Waals surface area contributed by atoms with Crippen molar-refractivity contribution in [2.75, 3.05) is 22.4 Å². The maximum absolute atomic E-state index is 12.2. The zero-order chi connectivity index (χ0) is 17.7. The van der Waals surface area contributed by atoms with Crippen molar-refractivity contribution < 1.29 is 13.2 Å². The van der Waals surface area contributed by atoms with E-state index in [9.17, 15) is 13.2 Å². The lowest BCUT2D eigenvalue weighted by Gasteiger charge is -2.21. The lowest BCUT2D eigenvalue weighted by molar-refractivity contribution is -0.114. The Labute approximate surface area is 154 Å². The van der Waals surface area contributed by atoms with E-state index in [2.05, 4.69) is 27.9 Å². The maximum atomic E-state index is 12.2. The number of rotatable bonds is 5. The molecular weight excluding hydrogens is 441 g/mol. The molecule has 1 N–H and O–H groups in total. The van der Waals surface area contributed by atoms with E-state index in [1.807, 2.05) is 18.2 Å². The second-order valence-electron chi connectivity index (χ2n) is 4.98. The Morgan fingerprint density at radius 2 is 1.75 bits per heavy atom. The Bertz CT molecular complexity index is 872. The summed E-state index contributed by atoms with van der Waals surface area (Å²) >= 11 is 2.15. The van der Waals surface area contributed by atoms with Gasteiger partial charge in [0.2, 0.25) is 15.9 Å². The van der Waals surface area contributed by atoms with Crippen molar-refractivity contribution in [3.05, 3.63) is 57.7 Å². The summed E-state index contributed by atoms with van der Waals surface area (Å²) in [5.41, 5.74) is 1.33. The quantitative estimate of drug-likeness (QED) is 0.702. The molecule has 0 aromatic heterocycles. The largest absolute Gasteiger partial charge is 0.325 e. The van der Waals surface area contributed by atoms with Crippen LogP contribution in [0.5, 0.6) is 0 Å². The van der Waals surface area contributed by atoms with Gasteiger partial charge in [-0.1, -0.05) is 0 Å². The van der Waals surface area contributed by atoms with Gasteiger partial charge in [0.15, 0.2) is 0 Å². The number of hydrogen-bond acceptors (Lipinski definition) is 4. The third-order valence-corrected chi connectivity index (χ3v) is 4.96. The Balaban J connectivity index is 2.18. The Morgan fingerprint density at radius 3 is 2.25 bits per heavy atom. The van der Waals surface area contributed by atoms with Gasteiger partial charge in [-0.2, -0.15) is 5.26 Å². The van der Waals surface area contributed by atoms with Crippen LogP contribution in [-0.4, -0.2) is 27.1 Å². The first-order chi connectivity index (χ1) is 11.3. The minimum Gasteiger partial charge on any atom is -0.325 e. The summed E-state index contributed by atoms with van der Waals surface area (Å²) in [4.78, 5) is 12.2. The van der Waals surface area contributed by atoms with Crippen LogP contribution in [-0.2, 0) is 14.8 Å². The van der Waals surface area contributed by atoms with Gasteiger partial charge < -0.3 is 5.32 Å². The molecule has 2 aromatic carbocycles. The first kappa shape index (κ1) is 18.2. The minimum absolute atomic E-state index is 0.328. The van der Waals surface area contributed by atoms with Crippen LogP contribution in [0.1, 0.15) is 5.56 Å². The van der Waals surface area contributed by atoms with Crippen molar-refractivity contribution in [1.82, 2.24) is 0 Å². The van der Waals surface area contributed by atoms with Crippen molar-refractivity contribution in [1.29, 1.82) is 5.26 Å². The predicted molar refractivity (Wildman–Crippen MR) is 101 cm³/mol. The highest BCUT2D eigenvalue weighted by Gasteiger charge is 2.20. The van der Waals surface area contributed by atoms with Crippen LogP contribution >= 0.6 is 22.6 Å². The third-order valence-electron chi connectivity index (χ3n) is 3.10. The van der Waals surface area contributed by atoms with E-state index in [1.165, 1.54) is 24.3 Å². The molecule has 0 saturated heterocycles. The smallest absolute Gasteiger partial charge is 0.245 e. The van der Waals surface area contributed by atoms with E-state index in [0.717, 1.165) is 14.1 Å². The van der Waals surface area contributed by atoms with E-state index < -0.39 is 15.9 Å². The number of sulfonamides is 1. The molecule has 1 amide bonds. The summed E-state index contributed by atoms with van der Waals surface area (Å²) in [6.07, 6.45) is 1.03. The molecule has 124 valence electrons. The van der Waals surface area contributed by atoms with Crippen LogP contribution in [0.25, 0.3) is 0 Å². The SMILES string of the molecule is CS(=O)(=O)N(CC(=O)Nc1ccc(I)cc1)c1ccc(C#N)cc1. The summed E-state index contributed by atoms with van der Waals surface area (Å²) < 4.78 is 26.0. The second-order valence-corrected chi connectivity index (χ2v) is 8.14. The first-order valence-corrected chi connectivity index (χ1v) is 9.75. The molecule has 0 atom stereocenters. The van der Waals surface area contributed by atoms with Crippen molar-refractivity contribution in [3.63, 3.8) is 0 Å². The Hall–Kier alpha value is -2.12. The number of halogens is 1. The number of anilines is 2.